The zero-order valence-electron chi connectivity index (χ0n) is 20.1. The molecule has 182 valence electrons. The highest BCUT2D eigenvalue weighted by atomic mass is 16.5. The van der Waals surface area contributed by atoms with Crippen LogP contribution in [0.5, 0.6) is 11.5 Å². The van der Waals surface area contributed by atoms with E-state index in [2.05, 4.69) is 15.3 Å². The Morgan fingerprint density at radius 2 is 1.71 bits per heavy atom. The number of hydrogen-bond donors (Lipinski definition) is 2. The number of rotatable bonds is 7. The summed E-state index contributed by atoms with van der Waals surface area (Å²) in [5.74, 6) is 1.24. The van der Waals surface area contributed by atoms with Crippen molar-refractivity contribution in [2.24, 2.45) is 0 Å². The Labute approximate surface area is 204 Å². The largest absolute Gasteiger partial charge is 0.493 e. The number of urea groups is 1. The number of nitrogens with one attached hydrogen (secondary N) is 2. The maximum absolute atomic E-state index is 12.8. The fraction of sp³-hybridized carbons (Fsp3) is 0.346. The zero-order chi connectivity index (χ0) is 24.9. The number of fused-ring (bicyclic) bond motifs is 1. The van der Waals surface area contributed by atoms with Gasteiger partial charge in [0, 0.05) is 48.1 Å². The van der Waals surface area contributed by atoms with E-state index in [0.29, 0.717) is 42.3 Å². The van der Waals surface area contributed by atoms with Crippen LogP contribution in [0.15, 0.2) is 42.7 Å². The number of methoxy groups -OCH3 is 2. The minimum absolute atomic E-state index is 0.0132. The number of likely N-dealkylation sites (tertiary alicyclic amines) is 1. The van der Waals surface area contributed by atoms with Gasteiger partial charge < -0.3 is 19.7 Å². The summed E-state index contributed by atoms with van der Waals surface area (Å²) in [5.41, 5.74) is 2.91. The zero-order valence-corrected chi connectivity index (χ0v) is 20.1. The lowest BCUT2D eigenvalue weighted by atomic mass is 9.91. The Kier molecular flexibility index (Phi) is 7.24. The van der Waals surface area contributed by atoms with E-state index in [1.54, 1.807) is 56.6 Å². The first kappa shape index (κ1) is 24.1. The second kappa shape index (κ2) is 10.5. The van der Waals surface area contributed by atoms with Gasteiger partial charge in [-0.1, -0.05) is 19.1 Å². The van der Waals surface area contributed by atoms with E-state index in [9.17, 15) is 9.59 Å². The molecular weight excluding hydrogens is 446 g/mol. The molecular formula is C26H29N5O4. The molecule has 0 spiro atoms. The van der Waals surface area contributed by atoms with Crippen molar-refractivity contribution in [3.05, 3.63) is 54.0 Å². The Bertz CT molecular complexity index is 1250. The molecule has 1 aliphatic heterocycles. The predicted octanol–water partition coefficient (Wildman–Crippen LogP) is 4.41. The van der Waals surface area contributed by atoms with Crippen molar-refractivity contribution in [3.8, 4) is 11.5 Å². The van der Waals surface area contributed by atoms with E-state index >= 15 is 0 Å². The summed E-state index contributed by atoms with van der Waals surface area (Å²) in [5, 5.41) is 11.8. The molecule has 3 aromatic rings. The van der Waals surface area contributed by atoms with Crippen LogP contribution < -0.4 is 14.8 Å². The van der Waals surface area contributed by atoms with Crippen molar-refractivity contribution in [2.45, 2.75) is 32.1 Å². The summed E-state index contributed by atoms with van der Waals surface area (Å²) in [6.45, 7) is 2.93. The number of carbonyl (C=O) groups is 2. The average molecular weight is 476 g/mol. The summed E-state index contributed by atoms with van der Waals surface area (Å²) in [4.78, 5) is 35.3. The molecule has 9 nitrogen and oxygen atoms in total. The fourth-order valence-corrected chi connectivity index (χ4v) is 4.34. The van der Waals surface area contributed by atoms with Crippen molar-refractivity contribution in [1.29, 1.82) is 5.41 Å². The quantitative estimate of drug-likeness (QED) is 0.489. The molecule has 0 atom stereocenters. The van der Waals surface area contributed by atoms with E-state index in [4.69, 9.17) is 14.9 Å². The van der Waals surface area contributed by atoms with E-state index < -0.39 is 0 Å². The predicted molar refractivity (Wildman–Crippen MR) is 134 cm³/mol. The first-order valence-corrected chi connectivity index (χ1v) is 11.6. The molecule has 2 aromatic carbocycles. The number of Topliss-reactive ketones (excluding diaryl/α,β-unsaturated/α-hetero) is 1. The summed E-state index contributed by atoms with van der Waals surface area (Å²) >= 11 is 0. The molecule has 9 heteroatoms. The van der Waals surface area contributed by atoms with Gasteiger partial charge in [-0.05, 0) is 31.0 Å². The summed E-state index contributed by atoms with van der Waals surface area (Å²) in [6.07, 6.45) is 3.42. The third kappa shape index (κ3) is 5.08. The van der Waals surface area contributed by atoms with E-state index in [1.807, 2.05) is 12.1 Å². The molecule has 35 heavy (non-hydrogen) atoms. The average Bonchev–Trinajstić information content (AvgIpc) is 2.91. The highest BCUT2D eigenvalue weighted by Gasteiger charge is 2.26. The van der Waals surface area contributed by atoms with E-state index in [0.717, 1.165) is 29.4 Å². The van der Waals surface area contributed by atoms with Crippen molar-refractivity contribution >= 4 is 34.1 Å². The van der Waals surface area contributed by atoms with Crippen LogP contribution in [0.1, 0.15) is 43.4 Å². The van der Waals surface area contributed by atoms with Gasteiger partial charge in [0.05, 0.1) is 25.4 Å². The van der Waals surface area contributed by atoms with Crippen molar-refractivity contribution < 1.29 is 19.1 Å². The van der Waals surface area contributed by atoms with Gasteiger partial charge in [-0.2, -0.15) is 0 Å². The van der Waals surface area contributed by atoms with Crippen LogP contribution >= 0.6 is 0 Å². The number of ketones is 1. The first-order chi connectivity index (χ1) is 16.9. The van der Waals surface area contributed by atoms with E-state index in [-0.39, 0.29) is 23.4 Å². The minimum Gasteiger partial charge on any atom is -0.493 e. The third-order valence-corrected chi connectivity index (χ3v) is 6.37. The van der Waals surface area contributed by atoms with Gasteiger partial charge in [0.25, 0.3) is 0 Å². The summed E-state index contributed by atoms with van der Waals surface area (Å²) < 4.78 is 10.9. The molecule has 1 saturated heterocycles. The topological polar surface area (TPSA) is 118 Å². The van der Waals surface area contributed by atoms with Crippen LogP contribution in [-0.2, 0) is 4.79 Å². The van der Waals surface area contributed by atoms with Gasteiger partial charge in [0.2, 0.25) is 0 Å². The van der Waals surface area contributed by atoms with Gasteiger partial charge >= 0.3 is 6.03 Å². The number of benzene rings is 2. The number of piperidine rings is 1. The van der Waals surface area contributed by atoms with Crippen molar-refractivity contribution in [3.63, 3.8) is 0 Å². The SMILES string of the molecule is CCC(=O)C(=N)c1ccc(NC(=O)N2CCC(c3ncnc4cc(OC)c(OC)cc34)CC2)cc1. The maximum atomic E-state index is 12.8. The molecule has 0 radical (unpaired) electrons. The van der Waals surface area contributed by atoms with Gasteiger partial charge in [0.1, 0.15) is 12.0 Å². The summed E-state index contributed by atoms with van der Waals surface area (Å²) in [7, 11) is 3.20. The number of carbonyl (C=O) groups excluding carboxylic acids is 2. The normalized spacial score (nSPS) is 14.0. The lowest BCUT2D eigenvalue weighted by Crippen LogP contribution is -2.40. The van der Waals surface area contributed by atoms with Gasteiger partial charge in [-0.15, -0.1) is 0 Å². The lowest BCUT2D eigenvalue weighted by molar-refractivity contribution is -0.112. The van der Waals surface area contributed by atoms with Crippen LogP contribution in [0.3, 0.4) is 0 Å². The van der Waals surface area contributed by atoms with Crippen molar-refractivity contribution in [2.75, 3.05) is 32.6 Å². The highest BCUT2D eigenvalue weighted by Crippen LogP contribution is 2.36. The van der Waals surface area contributed by atoms with Gasteiger partial charge in [-0.25, -0.2) is 14.8 Å². The van der Waals surface area contributed by atoms with Crippen LogP contribution in [-0.4, -0.2) is 59.7 Å². The molecule has 1 fully saturated rings. The number of ether oxygens (including phenoxy) is 2. The van der Waals surface area contributed by atoms with Crippen LogP contribution in [0.25, 0.3) is 10.9 Å². The molecule has 2 amide bonds. The molecule has 4 rings (SSSR count). The Morgan fingerprint density at radius 1 is 1.06 bits per heavy atom. The monoisotopic (exact) mass is 475 g/mol. The molecule has 1 aromatic heterocycles. The second-order valence-corrected chi connectivity index (χ2v) is 8.40. The van der Waals surface area contributed by atoms with Crippen LogP contribution in [0.4, 0.5) is 10.5 Å². The fourth-order valence-electron chi connectivity index (χ4n) is 4.34. The molecule has 1 aliphatic rings. The standard InChI is InChI=1S/C26H29N5O4/c1-4-21(32)24(27)16-5-7-18(8-6-16)30-26(33)31-11-9-17(10-12-31)25-19-13-22(34-2)23(35-3)14-20(19)28-15-29-25/h5-8,13-15,17,27H,4,9-12H2,1-3H3,(H,30,33). The smallest absolute Gasteiger partial charge is 0.321 e. The Balaban J connectivity index is 1.41. The van der Waals surface area contributed by atoms with E-state index in [1.165, 1.54) is 0 Å². The number of amides is 2. The minimum atomic E-state index is -0.210. The lowest BCUT2D eigenvalue weighted by Gasteiger charge is -2.32. The molecule has 2 heterocycles. The van der Waals surface area contributed by atoms with Gasteiger partial charge in [-0.3, -0.25) is 10.2 Å². The van der Waals surface area contributed by atoms with Gasteiger partial charge in [0.15, 0.2) is 17.3 Å². The molecule has 0 aliphatic carbocycles. The second-order valence-electron chi connectivity index (χ2n) is 8.40. The van der Waals surface area contributed by atoms with Crippen molar-refractivity contribution in [1.82, 2.24) is 14.9 Å². The molecule has 0 bridgehead atoms. The number of anilines is 1. The number of hydrogen-bond acceptors (Lipinski definition) is 7. The molecule has 0 unspecified atom stereocenters. The van der Waals surface area contributed by atoms with Crippen LogP contribution in [0.2, 0.25) is 0 Å². The molecule has 0 saturated carbocycles. The Morgan fingerprint density at radius 3 is 2.34 bits per heavy atom. The highest BCUT2D eigenvalue weighted by molar-refractivity contribution is 6.44. The molecule has 2 N–H and O–H groups in total. The Hall–Kier alpha value is -4.01. The first-order valence-electron chi connectivity index (χ1n) is 11.6. The number of nitrogens with zero attached hydrogens (tertiary/aromatic N) is 3. The number of aromatic nitrogens is 2. The third-order valence-electron chi connectivity index (χ3n) is 6.37. The summed E-state index contributed by atoms with van der Waals surface area (Å²) in [6, 6.07) is 10.4. The maximum Gasteiger partial charge on any atom is 0.321 e. The van der Waals surface area contributed by atoms with Crippen LogP contribution in [0, 0.1) is 5.41 Å².